The summed E-state index contributed by atoms with van der Waals surface area (Å²) >= 11 is 0.887. The van der Waals surface area contributed by atoms with E-state index >= 15 is 0 Å². The van der Waals surface area contributed by atoms with E-state index in [-0.39, 0.29) is 42.6 Å². The fraction of sp³-hybridized carbons (Fsp3) is 0.167. The molecular weight excluding hydrogens is 517 g/mol. The first kappa shape index (κ1) is 26.2. The van der Waals surface area contributed by atoms with Crippen molar-refractivity contribution >= 4 is 51.5 Å². The second-order valence-electron chi connectivity index (χ2n) is 9.24. The highest BCUT2D eigenvalue weighted by atomic mass is 32.2. The van der Waals surface area contributed by atoms with Gasteiger partial charge in [-0.05, 0) is 79.2 Å². The number of aromatic nitrogens is 1. The Balaban J connectivity index is 1.30. The summed E-state index contributed by atoms with van der Waals surface area (Å²) in [5.74, 6) is -0.306. The zero-order valence-electron chi connectivity index (χ0n) is 21.4. The van der Waals surface area contributed by atoms with Crippen LogP contribution in [0.25, 0.3) is 17.0 Å². The van der Waals surface area contributed by atoms with Crippen LogP contribution in [0.5, 0.6) is 5.75 Å². The van der Waals surface area contributed by atoms with Gasteiger partial charge in [-0.2, -0.15) is 0 Å². The van der Waals surface area contributed by atoms with Gasteiger partial charge in [-0.3, -0.25) is 19.3 Å². The van der Waals surface area contributed by atoms with Gasteiger partial charge >= 0.3 is 0 Å². The number of carbonyl (C=O) groups excluding carboxylic acids is 3. The van der Waals surface area contributed by atoms with E-state index in [1.807, 2.05) is 56.3 Å². The van der Waals surface area contributed by atoms with E-state index in [1.165, 1.54) is 29.2 Å². The van der Waals surface area contributed by atoms with E-state index in [1.54, 1.807) is 16.8 Å². The number of ether oxygens (including phenoxy) is 1. The number of hydrogen-bond donors (Lipinski definition) is 1. The third-order valence-corrected chi connectivity index (χ3v) is 7.25. The van der Waals surface area contributed by atoms with E-state index in [9.17, 15) is 18.8 Å². The Hall–Kier alpha value is -4.37. The van der Waals surface area contributed by atoms with Gasteiger partial charge in [0.2, 0.25) is 5.91 Å². The van der Waals surface area contributed by atoms with Gasteiger partial charge in [0, 0.05) is 28.4 Å². The maximum absolute atomic E-state index is 13.2. The lowest BCUT2D eigenvalue weighted by atomic mass is 10.1. The van der Waals surface area contributed by atoms with E-state index in [2.05, 4.69) is 5.32 Å². The monoisotopic (exact) mass is 543 g/mol. The van der Waals surface area contributed by atoms with Crippen molar-refractivity contribution in [2.24, 2.45) is 0 Å². The van der Waals surface area contributed by atoms with Crippen LogP contribution in [0.3, 0.4) is 0 Å². The molecule has 2 heterocycles. The SMILES string of the molecule is Cc1ccc(C)c(OCCN2C(=O)S/C(=C\c3cn(CC(=O)Nc4ccc(F)cc4)c4ccccc34)C2=O)c1. The number of nitrogens with one attached hydrogen (secondary N) is 1. The summed E-state index contributed by atoms with van der Waals surface area (Å²) < 4.78 is 20.8. The first-order valence-electron chi connectivity index (χ1n) is 12.4. The normalized spacial score (nSPS) is 14.4. The second kappa shape index (κ2) is 11.2. The number of benzene rings is 3. The highest BCUT2D eigenvalue weighted by Gasteiger charge is 2.35. The van der Waals surface area contributed by atoms with Crippen LogP contribution in [-0.4, -0.2) is 39.7 Å². The van der Waals surface area contributed by atoms with Crippen LogP contribution >= 0.6 is 11.8 Å². The molecule has 3 aromatic carbocycles. The third kappa shape index (κ3) is 5.88. The van der Waals surface area contributed by atoms with Crippen molar-refractivity contribution in [2.45, 2.75) is 20.4 Å². The van der Waals surface area contributed by atoms with Crippen molar-refractivity contribution < 1.29 is 23.5 Å². The fourth-order valence-corrected chi connectivity index (χ4v) is 5.21. The van der Waals surface area contributed by atoms with Gasteiger partial charge in [0.15, 0.2) is 0 Å². The van der Waals surface area contributed by atoms with Crippen LogP contribution in [0.1, 0.15) is 16.7 Å². The summed E-state index contributed by atoms with van der Waals surface area (Å²) in [6, 6.07) is 19.0. The number of fused-ring (bicyclic) bond motifs is 1. The Kier molecular flexibility index (Phi) is 7.51. The highest BCUT2D eigenvalue weighted by molar-refractivity contribution is 8.18. The van der Waals surface area contributed by atoms with Gasteiger partial charge in [-0.25, -0.2) is 4.39 Å². The smallest absolute Gasteiger partial charge is 0.293 e. The number of nitrogens with zero attached hydrogens (tertiary/aromatic N) is 2. The average Bonchev–Trinajstić information content (AvgIpc) is 3.39. The first-order valence-corrected chi connectivity index (χ1v) is 13.2. The van der Waals surface area contributed by atoms with Crippen LogP contribution in [0, 0.1) is 19.7 Å². The lowest BCUT2D eigenvalue weighted by Crippen LogP contribution is -2.32. The molecule has 1 aliphatic heterocycles. The van der Waals surface area contributed by atoms with Crippen LogP contribution in [0.4, 0.5) is 14.9 Å². The molecule has 7 nitrogen and oxygen atoms in total. The summed E-state index contributed by atoms with van der Waals surface area (Å²) in [4.78, 5) is 39.9. The van der Waals surface area contributed by atoms with Crippen molar-refractivity contribution in [3.05, 3.63) is 100 Å². The van der Waals surface area contributed by atoms with Crippen LogP contribution in [0.15, 0.2) is 77.8 Å². The molecule has 1 aliphatic rings. The predicted octanol–water partition coefficient (Wildman–Crippen LogP) is 6.15. The van der Waals surface area contributed by atoms with E-state index in [4.69, 9.17) is 4.74 Å². The molecule has 39 heavy (non-hydrogen) atoms. The van der Waals surface area contributed by atoms with Gasteiger partial charge in [-0.1, -0.05) is 30.3 Å². The number of hydrogen-bond acceptors (Lipinski definition) is 5. The molecule has 0 bridgehead atoms. The number of thioether (sulfide) groups is 1. The van der Waals surface area contributed by atoms with Crippen molar-refractivity contribution in [3.8, 4) is 5.75 Å². The summed E-state index contributed by atoms with van der Waals surface area (Å²) in [6.07, 6.45) is 3.47. The minimum Gasteiger partial charge on any atom is -0.491 e. The minimum atomic E-state index is -0.382. The van der Waals surface area contributed by atoms with E-state index < -0.39 is 0 Å². The van der Waals surface area contributed by atoms with Gasteiger partial charge in [0.05, 0.1) is 11.4 Å². The van der Waals surface area contributed by atoms with Crippen LogP contribution < -0.4 is 10.1 Å². The van der Waals surface area contributed by atoms with Crippen molar-refractivity contribution in [3.63, 3.8) is 0 Å². The molecule has 198 valence electrons. The molecular formula is C30H26FN3O4S. The highest BCUT2D eigenvalue weighted by Crippen LogP contribution is 2.34. The largest absolute Gasteiger partial charge is 0.491 e. The molecule has 9 heteroatoms. The molecule has 0 saturated carbocycles. The maximum atomic E-state index is 13.2. The fourth-order valence-electron chi connectivity index (χ4n) is 4.35. The summed E-state index contributed by atoms with van der Waals surface area (Å²) in [5, 5.41) is 3.25. The molecule has 0 radical (unpaired) electrons. The van der Waals surface area contributed by atoms with Gasteiger partial charge < -0.3 is 14.6 Å². The Morgan fingerprint density at radius 2 is 1.82 bits per heavy atom. The maximum Gasteiger partial charge on any atom is 0.293 e. The Morgan fingerprint density at radius 1 is 1.05 bits per heavy atom. The number of halogens is 1. The first-order chi connectivity index (χ1) is 18.8. The third-order valence-electron chi connectivity index (χ3n) is 6.34. The molecule has 1 N–H and O–H groups in total. The molecule has 1 saturated heterocycles. The molecule has 0 unspecified atom stereocenters. The van der Waals surface area contributed by atoms with E-state index in [0.29, 0.717) is 10.6 Å². The molecule has 3 amide bonds. The van der Waals surface area contributed by atoms with E-state index in [0.717, 1.165) is 45.1 Å². The zero-order valence-corrected chi connectivity index (χ0v) is 22.3. The molecule has 1 fully saturated rings. The van der Waals surface area contributed by atoms with Crippen LogP contribution in [-0.2, 0) is 16.1 Å². The van der Waals surface area contributed by atoms with Crippen molar-refractivity contribution in [2.75, 3.05) is 18.5 Å². The molecule has 1 aromatic heterocycles. The van der Waals surface area contributed by atoms with Gasteiger partial charge in [0.25, 0.3) is 11.1 Å². The summed E-state index contributed by atoms with van der Waals surface area (Å²) in [7, 11) is 0. The zero-order chi connectivity index (χ0) is 27.5. The molecule has 0 aliphatic carbocycles. The molecule has 0 spiro atoms. The number of rotatable bonds is 8. The number of imide groups is 1. The number of aryl methyl sites for hydroxylation is 2. The number of amides is 3. The Bertz CT molecular complexity index is 1610. The quantitative estimate of drug-likeness (QED) is 0.270. The van der Waals surface area contributed by atoms with Crippen molar-refractivity contribution in [1.29, 1.82) is 0 Å². The predicted molar refractivity (Wildman–Crippen MR) is 151 cm³/mol. The second-order valence-corrected chi connectivity index (χ2v) is 10.2. The van der Waals surface area contributed by atoms with Gasteiger partial charge in [0.1, 0.15) is 24.7 Å². The topological polar surface area (TPSA) is 80.6 Å². The molecule has 4 aromatic rings. The average molecular weight is 544 g/mol. The number of anilines is 1. The van der Waals surface area contributed by atoms with Crippen molar-refractivity contribution in [1.82, 2.24) is 9.47 Å². The standard InChI is InChI=1S/C30H26FN3O4S/c1-19-7-8-20(2)26(15-19)38-14-13-34-29(36)27(39-30(34)37)16-21-17-33(25-6-4-3-5-24(21)25)18-28(35)32-23-11-9-22(31)10-12-23/h3-12,15-17H,13-14,18H2,1-2H3,(H,32,35)/b27-16-. The Morgan fingerprint density at radius 3 is 2.62 bits per heavy atom. The molecule has 5 rings (SSSR count). The molecule has 0 atom stereocenters. The summed E-state index contributed by atoms with van der Waals surface area (Å²) in [6.45, 7) is 4.27. The lowest BCUT2D eigenvalue weighted by Gasteiger charge is -2.14. The number of para-hydroxylation sites is 1. The van der Waals surface area contributed by atoms with Crippen LogP contribution in [0.2, 0.25) is 0 Å². The minimum absolute atomic E-state index is 0.0168. The lowest BCUT2D eigenvalue weighted by molar-refractivity contribution is -0.123. The summed E-state index contributed by atoms with van der Waals surface area (Å²) in [5.41, 5.74) is 4.07. The Labute approximate surface area is 229 Å². The van der Waals surface area contributed by atoms with Gasteiger partial charge in [-0.15, -0.1) is 0 Å². The number of carbonyl (C=O) groups is 3.